The van der Waals surface area contributed by atoms with Gasteiger partial charge in [-0.3, -0.25) is 0 Å². The van der Waals surface area contributed by atoms with E-state index in [1.54, 1.807) is 12.1 Å². The summed E-state index contributed by atoms with van der Waals surface area (Å²) >= 11 is 12.9. The van der Waals surface area contributed by atoms with E-state index in [1.807, 2.05) is 5.38 Å². The molecule has 0 aliphatic carbocycles. The van der Waals surface area contributed by atoms with Gasteiger partial charge < -0.3 is 0 Å². The van der Waals surface area contributed by atoms with Gasteiger partial charge >= 0.3 is 0 Å². The first-order chi connectivity index (χ1) is 7.59. The first-order valence-electron chi connectivity index (χ1n) is 4.41. The molecule has 0 aliphatic rings. The Morgan fingerprint density at radius 1 is 1.19 bits per heavy atom. The summed E-state index contributed by atoms with van der Waals surface area (Å²) in [5.74, 6) is -1.26. The lowest BCUT2D eigenvalue weighted by Crippen LogP contribution is -1.96. The number of hydrogen-bond acceptors (Lipinski definition) is 1. The van der Waals surface area contributed by atoms with Crippen molar-refractivity contribution in [1.82, 2.24) is 0 Å². The van der Waals surface area contributed by atoms with Gasteiger partial charge in [0.05, 0.1) is 10.4 Å². The van der Waals surface area contributed by atoms with Crippen LogP contribution in [0, 0.1) is 11.6 Å². The average Bonchev–Trinajstić information content (AvgIpc) is 2.75. The average molecular weight is 279 g/mol. The van der Waals surface area contributed by atoms with Crippen molar-refractivity contribution in [2.45, 2.75) is 5.38 Å². The SMILES string of the molecule is Fc1cc(C(Cl)c2cccs2)c(F)cc1Cl. The van der Waals surface area contributed by atoms with Gasteiger partial charge in [0.2, 0.25) is 0 Å². The van der Waals surface area contributed by atoms with Crippen LogP contribution >= 0.6 is 34.5 Å². The van der Waals surface area contributed by atoms with Crippen molar-refractivity contribution in [2.75, 3.05) is 0 Å². The number of thiophene rings is 1. The Balaban J connectivity index is 2.44. The largest absolute Gasteiger partial charge is 0.207 e. The molecule has 0 aliphatic heterocycles. The fraction of sp³-hybridized carbons (Fsp3) is 0.0909. The third-order valence-electron chi connectivity index (χ3n) is 2.11. The van der Waals surface area contributed by atoms with Gasteiger partial charge in [0.25, 0.3) is 0 Å². The molecular formula is C11H6Cl2F2S. The second-order valence-corrected chi connectivity index (χ2v) is 4.99. The smallest absolute Gasteiger partial charge is 0.142 e. The maximum absolute atomic E-state index is 13.5. The van der Waals surface area contributed by atoms with Crippen LogP contribution in [0.3, 0.4) is 0 Å². The van der Waals surface area contributed by atoms with Gasteiger partial charge in [-0.2, -0.15) is 0 Å². The van der Waals surface area contributed by atoms with Gasteiger partial charge in [0, 0.05) is 10.4 Å². The molecule has 16 heavy (non-hydrogen) atoms. The van der Waals surface area contributed by atoms with Crippen LogP contribution in [0.5, 0.6) is 0 Å². The molecule has 0 N–H and O–H groups in total. The molecule has 0 amide bonds. The van der Waals surface area contributed by atoms with Crippen molar-refractivity contribution in [3.63, 3.8) is 0 Å². The number of hydrogen-bond donors (Lipinski definition) is 0. The van der Waals surface area contributed by atoms with E-state index in [0.29, 0.717) is 0 Å². The molecule has 2 aromatic rings. The van der Waals surface area contributed by atoms with Crippen LogP contribution in [0.2, 0.25) is 5.02 Å². The van der Waals surface area contributed by atoms with Crippen molar-refractivity contribution in [3.8, 4) is 0 Å². The number of benzene rings is 1. The monoisotopic (exact) mass is 278 g/mol. The van der Waals surface area contributed by atoms with Crippen molar-refractivity contribution in [2.24, 2.45) is 0 Å². The Hall–Kier alpha value is -0.640. The first kappa shape index (κ1) is 11.8. The van der Waals surface area contributed by atoms with E-state index in [1.165, 1.54) is 11.3 Å². The highest BCUT2D eigenvalue weighted by Gasteiger charge is 2.18. The number of rotatable bonds is 2. The highest BCUT2D eigenvalue weighted by molar-refractivity contribution is 7.10. The third-order valence-corrected chi connectivity index (χ3v) is 3.93. The summed E-state index contributed by atoms with van der Waals surface area (Å²) in [5.41, 5.74) is 0.103. The van der Waals surface area contributed by atoms with Crippen LogP contribution in [0.15, 0.2) is 29.6 Å². The van der Waals surface area contributed by atoms with E-state index in [2.05, 4.69) is 0 Å². The van der Waals surface area contributed by atoms with Crippen molar-refractivity contribution < 1.29 is 8.78 Å². The van der Waals surface area contributed by atoms with Crippen molar-refractivity contribution in [1.29, 1.82) is 0 Å². The minimum atomic E-state index is -0.688. The molecule has 1 unspecified atom stereocenters. The highest BCUT2D eigenvalue weighted by Crippen LogP contribution is 2.35. The second-order valence-electron chi connectivity index (χ2n) is 3.17. The summed E-state index contributed by atoms with van der Waals surface area (Å²) in [7, 11) is 0. The molecule has 1 aromatic heterocycles. The van der Waals surface area contributed by atoms with E-state index >= 15 is 0 Å². The third kappa shape index (κ3) is 2.21. The molecule has 1 aromatic carbocycles. The maximum Gasteiger partial charge on any atom is 0.142 e. The number of alkyl halides is 1. The van der Waals surface area contributed by atoms with E-state index in [9.17, 15) is 8.78 Å². The van der Waals surface area contributed by atoms with E-state index in [4.69, 9.17) is 23.2 Å². The second kappa shape index (κ2) is 4.70. The maximum atomic E-state index is 13.5. The summed E-state index contributed by atoms with van der Waals surface area (Å²) in [6, 6.07) is 5.55. The van der Waals surface area contributed by atoms with Crippen molar-refractivity contribution >= 4 is 34.5 Å². The summed E-state index contributed by atoms with van der Waals surface area (Å²) in [5, 5.41) is 0.901. The van der Waals surface area contributed by atoms with Crippen LogP contribution in [-0.2, 0) is 0 Å². The van der Waals surface area contributed by atoms with Crippen LogP contribution in [0.25, 0.3) is 0 Å². The van der Waals surface area contributed by atoms with Crippen LogP contribution < -0.4 is 0 Å². The quantitative estimate of drug-likeness (QED) is 0.535. The summed E-state index contributed by atoms with van der Waals surface area (Å²) in [6.45, 7) is 0. The Kier molecular flexibility index (Phi) is 3.47. The van der Waals surface area contributed by atoms with Crippen molar-refractivity contribution in [3.05, 3.63) is 56.7 Å². The molecule has 84 valence electrons. The molecule has 2 rings (SSSR count). The molecule has 0 fully saturated rings. The minimum absolute atomic E-state index is 0.103. The van der Waals surface area contributed by atoms with E-state index < -0.39 is 17.0 Å². The topological polar surface area (TPSA) is 0 Å². The zero-order valence-corrected chi connectivity index (χ0v) is 10.2. The zero-order chi connectivity index (χ0) is 11.7. The highest BCUT2D eigenvalue weighted by atomic mass is 35.5. The molecular weight excluding hydrogens is 273 g/mol. The van der Waals surface area contributed by atoms with Gasteiger partial charge in [0.15, 0.2) is 0 Å². The zero-order valence-electron chi connectivity index (χ0n) is 7.88. The standard InChI is InChI=1S/C11H6Cl2F2S/c12-7-5-8(14)6(4-9(7)15)11(13)10-2-1-3-16-10/h1-5,11H. The lowest BCUT2D eigenvalue weighted by molar-refractivity contribution is 0.588. The molecule has 0 saturated heterocycles. The lowest BCUT2D eigenvalue weighted by atomic mass is 10.1. The Morgan fingerprint density at radius 3 is 2.56 bits per heavy atom. The summed E-state index contributed by atoms with van der Waals surface area (Å²) in [6.07, 6.45) is 0. The van der Waals surface area contributed by atoms with Gasteiger partial charge in [-0.05, 0) is 23.6 Å². The Labute approximate surface area is 105 Å². The van der Waals surface area contributed by atoms with Gasteiger partial charge in [-0.1, -0.05) is 17.7 Å². The normalized spacial score (nSPS) is 12.8. The van der Waals surface area contributed by atoms with Gasteiger partial charge in [-0.25, -0.2) is 8.78 Å². The fourth-order valence-corrected chi connectivity index (χ4v) is 2.58. The lowest BCUT2D eigenvalue weighted by Gasteiger charge is -2.09. The molecule has 5 heteroatoms. The molecule has 0 nitrogen and oxygen atoms in total. The van der Waals surface area contributed by atoms with Gasteiger partial charge in [-0.15, -0.1) is 22.9 Å². The molecule has 0 spiro atoms. The summed E-state index contributed by atoms with van der Waals surface area (Å²) in [4.78, 5) is 0.766. The fourth-order valence-electron chi connectivity index (χ4n) is 1.32. The summed E-state index contributed by atoms with van der Waals surface area (Å²) < 4.78 is 26.7. The molecule has 0 bridgehead atoms. The molecule has 0 radical (unpaired) electrons. The Morgan fingerprint density at radius 2 is 1.94 bits per heavy atom. The van der Waals surface area contributed by atoms with E-state index in [0.717, 1.165) is 17.0 Å². The Bertz CT molecular complexity index is 497. The predicted molar refractivity (Wildman–Crippen MR) is 63.4 cm³/mol. The molecule has 1 atom stereocenters. The molecule has 1 heterocycles. The van der Waals surface area contributed by atoms with Crippen LogP contribution in [-0.4, -0.2) is 0 Å². The van der Waals surface area contributed by atoms with Crippen LogP contribution in [0.1, 0.15) is 15.8 Å². The predicted octanol–water partition coefficient (Wildman–Crippen LogP) is 5.01. The minimum Gasteiger partial charge on any atom is -0.207 e. The van der Waals surface area contributed by atoms with Gasteiger partial charge in [0.1, 0.15) is 11.6 Å². The van der Waals surface area contributed by atoms with E-state index in [-0.39, 0.29) is 10.6 Å². The van der Waals surface area contributed by atoms with Crippen LogP contribution in [0.4, 0.5) is 8.78 Å². The molecule has 0 saturated carbocycles. The first-order valence-corrected chi connectivity index (χ1v) is 6.11. The number of halogens is 4.